The standard InChI is InChI=1S/C18H28N2O4/c1-4-15-13(12-19(5-2)6-3)11-16(24-15)17(21)20-10-8-7-9-14(20)18(22)23/h11,14H,4-10,12H2,1-3H3,(H,22,23). The van der Waals surface area contributed by atoms with Gasteiger partial charge in [0.25, 0.3) is 5.91 Å². The predicted molar refractivity (Wildman–Crippen MR) is 91.0 cm³/mol. The molecule has 1 aliphatic heterocycles. The molecule has 0 saturated carbocycles. The van der Waals surface area contributed by atoms with Crippen LogP contribution in [0.25, 0.3) is 0 Å². The molecule has 2 rings (SSSR count). The van der Waals surface area contributed by atoms with Crippen LogP contribution in [0.4, 0.5) is 0 Å². The molecule has 1 atom stereocenters. The van der Waals surface area contributed by atoms with E-state index in [1.807, 2.05) is 6.92 Å². The Hall–Kier alpha value is -1.82. The van der Waals surface area contributed by atoms with Crippen LogP contribution in [-0.4, -0.2) is 52.5 Å². The third kappa shape index (κ3) is 3.98. The predicted octanol–water partition coefficient (Wildman–Crippen LogP) is 2.76. The molecule has 134 valence electrons. The molecule has 0 aromatic carbocycles. The first-order valence-corrected chi connectivity index (χ1v) is 8.89. The Morgan fingerprint density at radius 2 is 2.00 bits per heavy atom. The van der Waals surface area contributed by atoms with Crippen molar-refractivity contribution in [2.75, 3.05) is 19.6 Å². The number of aliphatic carboxylic acids is 1. The lowest BCUT2D eigenvalue weighted by Crippen LogP contribution is -2.47. The Bertz CT molecular complexity index is 578. The molecule has 1 aromatic rings. The lowest BCUT2D eigenvalue weighted by atomic mass is 10.0. The summed E-state index contributed by atoms with van der Waals surface area (Å²) in [7, 11) is 0. The summed E-state index contributed by atoms with van der Waals surface area (Å²) in [5.74, 6) is -0.160. The van der Waals surface area contributed by atoms with Crippen LogP contribution in [0, 0.1) is 0 Å². The van der Waals surface area contributed by atoms with Gasteiger partial charge >= 0.3 is 5.97 Å². The summed E-state index contributed by atoms with van der Waals surface area (Å²) >= 11 is 0. The van der Waals surface area contributed by atoms with Gasteiger partial charge in [0.2, 0.25) is 0 Å². The van der Waals surface area contributed by atoms with Gasteiger partial charge in [-0.2, -0.15) is 0 Å². The fourth-order valence-electron chi connectivity index (χ4n) is 3.27. The smallest absolute Gasteiger partial charge is 0.326 e. The summed E-state index contributed by atoms with van der Waals surface area (Å²) in [6, 6.07) is 1.06. The van der Waals surface area contributed by atoms with Crippen LogP contribution in [0.1, 0.15) is 61.9 Å². The van der Waals surface area contributed by atoms with Crippen molar-refractivity contribution >= 4 is 11.9 Å². The molecule has 1 N–H and O–H groups in total. The summed E-state index contributed by atoms with van der Waals surface area (Å²) in [5.41, 5.74) is 1.02. The highest BCUT2D eigenvalue weighted by Gasteiger charge is 2.34. The van der Waals surface area contributed by atoms with Gasteiger partial charge in [0, 0.05) is 25.1 Å². The number of carboxylic acid groups (broad SMARTS) is 1. The third-order valence-corrected chi connectivity index (χ3v) is 4.77. The van der Waals surface area contributed by atoms with Crippen LogP contribution in [0.3, 0.4) is 0 Å². The van der Waals surface area contributed by atoms with E-state index in [2.05, 4.69) is 18.7 Å². The molecule has 6 heteroatoms. The number of furan rings is 1. The summed E-state index contributed by atoms with van der Waals surface area (Å²) < 4.78 is 5.79. The minimum atomic E-state index is -0.936. The molecule has 0 radical (unpaired) electrons. The molecular formula is C18H28N2O4. The van der Waals surface area contributed by atoms with E-state index in [1.54, 1.807) is 6.07 Å². The number of likely N-dealkylation sites (tertiary alicyclic amines) is 1. The van der Waals surface area contributed by atoms with Crippen molar-refractivity contribution < 1.29 is 19.1 Å². The lowest BCUT2D eigenvalue weighted by Gasteiger charge is -2.32. The Kier molecular flexibility index (Phi) is 6.43. The van der Waals surface area contributed by atoms with E-state index in [4.69, 9.17) is 4.42 Å². The number of hydrogen-bond acceptors (Lipinski definition) is 4. The van der Waals surface area contributed by atoms with Crippen molar-refractivity contribution in [3.8, 4) is 0 Å². The Morgan fingerprint density at radius 3 is 2.58 bits per heavy atom. The first-order valence-electron chi connectivity index (χ1n) is 8.89. The molecular weight excluding hydrogens is 308 g/mol. The van der Waals surface area contributed by atoms with Gasteiger partial charge in [-0.1, -0.05) is 20.8 Å². The highest BCUT2D eigenvalue weighted by Crippen LogP contribution is 2.24. The number of carbonyl (C=O) groups is 2. The molecule has 1 fully saturated rings. The van der Waals surface area contributed by atoms with Crippen molar-refractivity contribution in [1.29, 1.82) is 0 Å². The molecule has 1 aromatic heterocycles. The number of carboxylic acids is 1. The van der Waals surface area contributed by atoms with Crippen LogP contribution >= 0.6 is 0 Å². The molecule has 6 nitrogen and oxygen atoms in total. The zero-order valence-corrected chi connectivity index (χ0v) is 14.9. The SMILES string of the molecule is CCc1oc(C(=O)N2CCCCC2C(=O)O)cc1CN(CC)CC. The largest absolute Gasteiger partial charge is 0.480 e. The van der Waals surface area contributed by atoms with Crippen LogP contribution < -0.4 is 0 Å². The number of amides is 1. The monoisotopic (exact) mass is 336 g/mol. The first kappa shape index (κ1) is 18.5. The van der Waals surface area contributed by atoms with Crippen LogP contribution in [0.5, 0.6) is 0 Å². The van der Waals surface area contributed by atoms with Crippen LogP contribution in [0.15, 0.2) is 10.5 Å². The van der Waals surface area contributed by atoms with E-state index < -0.39 is 12.0 Å². The Morgan fingerprint density at radius 1 is 1.29 bits per heavy atom. The maximum atomic E-state index is 12.8. The van der Waals surface area contributed by atoms with Crippen molar-refractivity contribution in [2.24, 2.45) is 0 Å². The van der Waals surface area contributed by atoms with Gasteiger partial charge in [-0.3, -0.25) is 9.69 Å². The number of nitrogens with zero attached hydrogens (tertiary/aromatic N) is 2. The average Bonchev–Trinajstić information content (AvgIpc) is 3.01. The minimum Gasteiger partial charge on any atom is -0.480 e. The molecule has 1 amide bonds. The van der Waals surface area contributed by atoms with E-state index in [9.17, 15) is 14.7 Å². The van der Waals surface area contributed by atoms with Gasteiger partial charge in [-0.05, 0) is 38.4 Å². The van der Waals surface area contributed by atoms with Crippen molar-refractivity contribution in [3.63, 3.8) is 0 Å². The molecule has 0 bridgehead atoms. The van der Waals surface area contributed by atoms with E-state index in [-0.39, 0.29) is 11.7 Å². The number of carbonyl (C=O) groups excluding carboxylic acids is 1. The van der Waals surface area contributed by atoms with Crippen LogP contribution in [-0.2, 0) is 17.8 Å². The van der Waals surface area contributed by atoms with Gasteiger partial charge < -0.3 is 14.4 Å². The van der Waals surface area contributed by atoms with Gasteiger partial charge in [0.1, 0.15) is 11.8 Å². The summed E-state index contributed by atoms with van der Waals surface area (Å²) in [6.07, 6.45) is 2.90. The van der Waals surface area contributed by atoms with Crippen LogP contribution in [0.2, 0.25) is 0 Å². The minimum absolute atomic E-state index is 0.266. The molecule has 0 spiro atoms. The molecule has 1 aliphatic rings. The second-order valence-electron chi connectivity index (χ2n) is 6.22. The number of rotatable bonds is 7. The Labute approximate surface area is 143 Å². The van der Waals surface area contributed by atoms with Gasteiger partial charge in [0.15, 0.2) is 5.76 Å². The number of piperidine rings is 1. The molecule has 1 saturated heterocycles. The summed E-state index contributed by atoms with van der Waals surface area (Å²) in [6.45, 7) is 9.29. The molecule has 0 aliphatic carbocycles. The molecule has 2 heterocycles. The van der Waals surface area contributed by atoms with E-state index in [1.165, 1.54) is 4.90 Å². The maximum absolute atomic E-state index is 12.8. The normalized spacial score (nSPS) is 18.2. The second kappa shape index (κ2) is 8.33. The zero-order valence-electron chi connectivity index (χ0n) is 14.9. The van der Waals surface area contributed by atoms with Crippen molar-refractivity contribution in [2.45, 2.75) is 59.0 Å². The van der Waals surface area contributed by atoms with E-state index in [0.717, 1.165) is 43.8 Å². The van der Waals surface area contributed by atoms with Gasteiger partial charge in [-0.25, -0.2) is 4.79 Å². The summed E-state index contributed by atoms with van der Waals surface area (Å²) in [5, 5.41) is 9.36. The maximum Gasteiger partial charge on any atom is 0.326 e. The number of hydrogen-bond donors (Lipinski definition) is 1. The van der Waals surface area contributed by atoms with E-state index in [0.29, 0.717) is 19.4 Å². The molecule has 24 heavy (non-hydrogen) atoms. The van der Waals surface area contributed by atoms with Gasteiger partial charge in [-0.15, -0.1) is 0 Å². The quantitative estimate of drug-likeness (QED) is 0.829. The van der Waals surface area contributed by atoms with Crippen molar-refractivity contribution in [3.05, 3.63) is 23.2 Å². The number of aryl methyl sites for hydroxylation is 1. The van der Waals surface area contributed by atoms with Crippen molar-refractivity contribution in [1.82, 2.24) is 9.80 Å². The topological polar surface area (TPSA) is 74.0 Å². The first-order chi connectivity index (χ1) is 11.5. The fourth-order valence-corrected chi connectivity index (χ4v) is 3.27. The molecule has 1 unspecified atom stereocenters. The zero-order chi connectivity index (χ0) is 17.7. The third-order valence-electron chi connectivity index (χ3n) is 4.77. The second-order valence-corrected chi connectivity index (χ2v) is 6.22. The summed E-state index contributed by atoms with van der Waals surface area (Å²) in [4.78, 5) is 27.9. The highest BCUT2D eigenvalue weighted by atomic mass is 16.4. The highest BCUT2D eigenvalue weighted by molar-refractivity contribution is 5.94. The lowest BCUT2D eigenvalue weighted by molar-refractivity contribution is -0.143. The van der Waals surface area contributed by atoms with Gasteiger partial charge in [0.05, 0.1) is 0 Å². The Balaban J connectivity index is 2.22. The average molecular weight is 336 g/mol. The van der Waals surface area contributed by atoms with E-state index >= 15 is 0 Å². The fraction of sp³-hybridized carbons (Fsp3) is 0.667.